The van der Waals surface area contributed by atoms with Crippen molar-refractivity contribution in [3.8, 4) is 23.3 Å². The molecule has 18 nitrogen and oxygen atoms in total. The summed E-state index contributed by atoms with van der Waals surface area (Å²) in [4.78, 5) is 47.2. The minimum atomic E-state index is -3.90. The van der Waals surface area contributed by atoms with Crippen LogP contribution in [0.4, 0.5) is 31.9 Å². The van der Waals surface area contributed by atoms with E-state index in [0.29, 0.717) is 60.9 Å². The Labute approximate surface area is 389 Å². The van der Waals surface area contributed by atoms with Crippen molar-refractivity contribution < 1.29 is 25.6 Å². The molecule has 10 rings (SSSR count). The lowest BCUT2D eigenvalue weighted by molar-refractivity contribution is 0.563. The molecule has 8 heterocycles. The molecule has 0 saturated heterocycles. The number of nitrogens with zero attached hydrogens (tertiary/aromatic N) is 12. The van der Waals surface area contributed by atoms with Crippen molar-refractivity contribution in [1.29, 1.82) is 0 Å². The minimum absolute atomic E-state index is 0.0678. The summed E-state index contributed by atoms with van der Waals surface area (Å²) < 4.78 is 84.4. The SMILES string of the molecule is CC1c2cnc(-c3ncccn3)nc2CCN1c1cc(F)cc(NS(=O)(=O)c2ccccc2)n1.CC1c2cnc(-c3ncccn3)nc2CCN1c1cc(NS(=O)(=O)c2ccccc2)cc(F)n1. The molecule has 2 aromatic carbocycles. The maximum Gasteiger partial charge on any atom is 0.263 e. The summed E-state index contributed by atoms with van der Waals surface area (Å²) in [6, 6.07) is 23.7. The fourth-order valence-corrected chi connectivity index (χ4v) is 9.85. The molecule has 2 unspecified atom stereocenters. The summed E-state index contributed by atoms with van der Waals surface area (Å²) >= 11 is 0. The van der Waals surface area contributed by atoms with E-state index in [1.807, 2.05) is 23.6 Å². The molecule has 0 aliphatic carbocycles. The predicted molar refractivity (Wildman–Crippen MR) is 248 cm³/mol. The molecule has 2 atom stereocenters. The Bertz CT molecular complexity index is 3100. The van der Waals surface area contributed by atoms with E-state index in [0.717, 1.165) is 34.6 Å². The smallest absolute Gasteiger partial charge is 0.263 e. The Morgan fingerprint density at radius 2 is 1.00 bits per heavy atom. The Kier molecular flexibility index (Phi) is 12.7. The van der Waals surface area contributed by atoms with Gasteiger partial charge in [0.05, 0.1) is 38.9 Å². The van der Waals surface area contributed by atoms with Gasteiger partial charge in [0, 0.05) is 98.5 Å². The quantitative estimate of drug-likeness (QED) is 0.135. The molecule has 6 aromatic heterocycles. The van der Waals surface area contributed by atoms with Crippen molar-refractivity contribution in [1.82, 2.24) is 49.8 Å². The van der Waals surface area contributed by atoms with E-state index >= 15 is 0 Å². The number of hydrogen-bond donors (Lipinski definition) is 2. The lowest BCUT2D eigenvalue weighted by atomic mass is 9.99. The summed E-state index contributed by atoms with van der Waals surface area (Å²) in [5.41, 5.74) is 3.58. The van der Waals surface area contributed by atoms with Gasteiger partial charge in [0.2, 0.25) is 5.95 Å². The molecule has 0 spiro atoms. The average Bonchev–Trinajstić information content (AvgIpc) is 3.34. The van der Waals surface area contributed by atoms with Crippen molar-refractivity contribution in [2.45, 2.75) is 48.6 Å². The zero-order valence-electron chi connectivity index (χ0n) is 36.3. The maximum absolute atomic E-state index is 14.5. The van der Waals surface area contributed by atoms with Gasteiger partial charge in [-0.2, -0.15) is 4.39 Å². The van der Waals surface area contributed by atoms with E-state index in [1.54, 1.807) is 85.7 Å². The van der Waals surface area contributed by atoms with E-state index < -0.39 is 31.8 Å². The topological polar surface area (TPSA) is 228 Å². The largest absolute Gasteiger partial charge is 0.349 e. The van der Waals surface area contributed by atoms with E-state index in [9.17, 15) is 25.6 Å². The van der Waals surface area contributed by atoms with Gasteiger partial charge in [-0.3, -0.25) is 9.44 Å². The first-order valence-electron chi connectivity index (χ1n) is 21.1. The number of pyridine rings is 2. The Hall–Kier alpha value is -7.98. The van der Waals surface area contributed by atoms with E-state index in [4.69, 9.17) is 0 Å². The van der Waals surface area contributed by atoms with Crippen LogP contribution in [0, 0.1) is 11.8 Å². The number of anilines is 4. The zero-order valence-corrected chi connectivity index (χ0v) is 37.9. The van der Waals surface area contributed by atoms with Crippen LogP contribution in [0.5, 0.6) is 0 Å². The van der Waals surface area contributed by atoms with Crippen LogP contribution in [-0.2, 0) is 32.9 Å². The van der Waals surface area contributed by atoms with Crippen LogP contribution in [0.3, 0.4) is 0 Å². The van der Waals surface area contributed by atoms with Gasteiger partial charge in [0.25, 0.3) is 20.0 Å². The van der Waals surface area contributed by atoms with Crippen molar-refractivity contribution in [2.24, 2.45) is 0 Å². The van der Waals surface area contributed by atoms with E-state index in [1.165, 1.54) is 36.4 Å². The zero-order chi connectivity index (χ0) is 47.4. The summed E-state index contributed by atoms with van der Waals surface area (Å²) in [6.07, 6.45) is 11.1. The highest BCUT2D eigenvalue weighted by molar-refractivity contribution is 7.93. The van der Waals surface area contributed by atoms with Gasteiger partial charge < -0.3 is 9.80 Å². The van der Waals surface area contributed by atoms with Crippen LogP contribution >= 0.6 is 0 Å². The summed E-state index contributed by atoms with van der Waals surface area (Å²) in [5.74, 6) is 0.951. The normalized spacial score (nSPS) is 15.6. The first-order valence-corrected chi connectivity index (χ1v) is 24.1. The van der Waals surface area contributed by atoms with Gasteiger partial charge >= 0.3 is 0 Å². The minimum Gasteiger partial charge on any atom is -0.349 e. The highest BCUT2D eigenvalue weighted by atomic mass is 32.2. The van der Waals surface area contributed by atoms with Gasteiger partial charge in [-0.25, -0.2) is 71.1 Å². The molecular formula is C46H40F2N14O4S2. The number of benzene rings is 2. The monoisotopic (exact) mass is 954 g/mol. The molecule has 344 valence electrons. The van der Waals surface area contributed by atoms with Crippen LogP contribution in [0.25, 0.3) is 23.3 Å². The molecule has 2 aliphatic heterocycles. The van der Waals surface area contributed by atoms with Gasteiger partial charge in [0.1, 0.15) is 23.3 Å². The first-order chi connectivity index (χ1) is 32.8. The van der Waals surface area contributed by atoms with Gasteiger partial charge in [-0.05, 0) is 50.2 Å². The number of nitrogens with one attached hydrogen (secondary N) is 2. The molecule has 0 fully saturated rings. The lowest BCUT2D eigenvalue weighted by Gasteiger charge is -2.35. The summed E-state index contributed by atoms with van der Waals surface area (Å²) in [5, 5.41) is 0. The number of aromatic nitrogens is 10. The molecule has 2 aliphatic rings. The number of halogens is 2. The van der Waals surface area contributed by atoms with Crippen LogP contribution < -0.4 is 19.2 Å². The molecular weight excluding hydrogens is 915 g/mol. The summed E-state index contributed by atoms with van der Waals surface area (Å²) in [6.45, 7) is 4.92. The lowest BCUT2D eigenvalue weighted by Crippen LogP contribution is -2.35. The van der Waals surface area contributed by atoms with E-state index in [-0.39, 0.29) is 33.4 Å². The molecule has 0 radical (unpaired) electrons. The van der Waals surface area contributed by atoms with Crippen LogP contribution in [0.2, 0.25) is 0 Å². The molecule has 0 saturated carbocycles. The standard InChI is InChI=1S/2C23H20FN7O2S/c1-15-18-14-27-23(22-25-9-5-10-26-22)28-19(18)8-11-31(15)21-13-16(12-20(24)29-21)30-34(32,33)17-6-3-2-4-7-17;1-15-18-14-27-23(22-25-9-5-10-26-22)28-19(18)8-11-31(15)21-13-16(24)12-20(29-21)30-34(32,33)17-6-3-2-4-7-17/h2*2-7,9-10,12-15H,8,11H2,1H3,(H,29,30). The Morgan fingerprint density at radius 1 is 0.529 bits per heavy atom. The van der Waals surface area contributed by atoms with Crippen LogP contribution in [0.1, 0.15) is 48.4 Å². The van der Waals surface area contributed by atoms with Crippen LogP contribution in [-0.4, -0.2) is 79.8 Å². The van der Waals surface area contributed by atoms with E-state index in [2.05, 4.69) is 59.3 Å². The van der Waals surface area contributed by atoms with Crippen molar-refractivity contribution >= 4 is 43.2 Å². The fraction of sp³-hybridized carbons (Fsp3) is 0.174. The number of sulfonamides is 2. The van der Waals surface area contributed by atoms with Gasteiger partial charge in [-0.15, -0.1) is 0 Å². The molecule has 68 heavy (non-hydrogen) atoms. The van der Waals surface area contributed by atoms with Gasteiger partial charge in [-0.1, -0.05) is 36.4 Å². The number of hydrogen-bond acceptors (Lipinski definition) is 16. The van der Waals surface area contributed by atoms with Crippen molar-refractivity contribution in [3.63, 3.8) is 0 Å². The van der Waals surface area contributed by atoms with Crippen molar-refractivity contribution in [2.75, 3.05) is 32.3 Å². The maximum atomic E-state index is 14.5. The Morgan fingerprint density at radius 3 is 1.50 bits per heavy atom. The Balaban J connectivity index is 0.000000170. The third-order valence-electron chi connectivity index (χ3n) is 11.1. The molecule has 2 N–H and O–H groups in total. The highest BCUT2D eigenvalue weighted by Gasteiger charge is 2.30. The highest BCUT2D eigenvalue weighted by Crippen LogP contribution is 2.35. The molecule has 0 amide bonds. The second kappa shape index (κ2) is 19.1. The predicted octanol–water partition coefficient (Wildman–Crippen LogP) is 6.78. The second-order valence-corrected chi connectivity index (χ2v) is 18.8. The molecule has 0 bridgehead atoms. The molecule has 8 aromatic rings. The second-order valence-electron chi connectivity index (χ2n) is 15.5. The average molecular weight is 955 g/mol. The van der Waals surface area contributed by atoms with Crippen molar-refractivity contribution in [3.05, 3.63) is 169 Å². The number of rotatable bonds is 10. The third kappa shape index (κ3) is 9.90. The third-order valence-corrected chi connectivity index (χ3v) is 13.9. The number of fused-ring (bicyclic) bond motifs is 2. The summed E-state index contributed by atoms with van der Waals surface area (Å²) in [7, 11) is -7.77. The van der Waals surface area contributed by atoms with Crippen LogP contribution in [0.15, 0.2) is 144 Å². The fourth-order valence-electron chi connectivity index (χ4n) is 7.78. The van der Waals surface area contributed by atoms with Gasteiger partial charge in [0.15, 0.2) is 23.3 Å². The molecule has 22 heteroatoms. The first kappa shape index (κ1) is 45.2.